The van der Waals surface area contributed by atoms with Crippen molar-refractivity contribution in [3.05, 3.63) is 23.9 Å². The normalized spacial score (nSPS) is 27.6. The van der Waals surface area contributed by atoms with Gasteiger partial charge in [0, 0.05) is 42.4 Å². The molecule has 1 saturated heterocycles. The molecule has 2 atom stereocenters. The van der Waals surface area contributed by atoms with Crippen LogP contribution in [0.15, 0.2) is 18.3 Å². The highest BCUT2D eigenvalue weighted by Crippen LogP contribution is 2.28. The molecule has 1 aromatic heterocycles. The van der Waals surface area contributed by atoms with Crippen LogP contribution in [-0.2, 0) is 6.54 Å². The Morgan fingerprint density at radius 1 is 1.37 bits per heavy atom. The third-order valence-corrected chi connectivity index (χ3v) is 5.50. The molecule has 1 saturated carbocycles. The summed E-state index contributed by atoms with van der Waals surface area (Å²) in [5.41, 5.74) is 1.29. The lowest BCUT2D eigenvalue weighted by molar-refractivity contribution is 0.619. The lowest BCUT2D eigenvalue weighted by Gasteiger charge is -2.38. The molecule has 0 bridgehead atoms. The van der Waals surface area contributed by atoms with E-state index in [1.165, 1.54) is 24.2 Å². The molecule has 104 valence electrons. The zero-order valence-corrected chi connectivity index (χ0v) is 12.6. The first-order valence-electron chi connectivity index (χ1n) is 7.30. The quantitative estimate of drug-likeness (QED) is 0.916. The molecular weight excluding hydrogens is 254 g/mol. The summed E-state index contributed by atoms with van der Waals surface area (Å²) < 4.78 is 0. The molecule has 3 nitrogen and oxygen atoms in total. The van der Waals surface area contributed by atoms with Crippen LogP contribution in [0.2, 0.25) is 0 Å². The van der Waals surface area contributed by atoms with Crippen molar-refractivity contribution in [2.75, 3.05) is 17.2 Å². The van der Waals surface area contributed by atoms with Gasteiger partial charge in [-0.05, 0) is 31.4 Å². The van der Waals surface area contributed by atoms with Gasteiger partial charge < -0.3 is 10.2 Å². The van der Waals surface area contributed by atoms with E-state index in [1.807, 2.05) is 6.20 Å². The van der Waals surface area contributed by atoms with Gasteiger partial charge in [-0.1, -0.05) is 13.0 Å². The number of nitrogens with zero attached hydrogens (tertiary/aromatic N) is 2. The Kier molecular flexibility index (Phi) is 3.99. The maximum absolute atomic E-state index is 4.66. The molecule has 0 spiro atoms. The van der Waals surface area contributed by atoms with Gasteiger partial charge in [0.2, 0.25) is 0 Å². The molecule has 2 fully saturated rings. The van der Waals surface area contributed by atoms with Crippen LogP contribution >= 0.6 is 11.8 Å². The smallest absolute Gasteiger partial charge is 0.128 e. The van der Waals surface area contributed by atoms with E-state index in [4.69, 9.17) is 0 Å². The van der Waals surface area contributed by atoms with Crippen LogP contribution < -0.4 is 10.2 Å². The zero-order valence-electron chi connectivity index (χ0n) is 11.8. The van der Waals surface area contributed by atoms with Crippen LogP contribution in [0.4, 0.5) is 5.82 Å². The Morgan fingerprint density at radius 2 is 2.21 bits per heavy atom. The van der Waals surface area contributed by atoms with Crippen molar-refractivity contribution in [2.45, 2.75) is 50.6 Å². The summed E-state index contributed by atoms with van der Waals surface area (Å²) in [6.07, 6.45) is 4.71. The lowest BCUT2D eigenvalue weighted by Crippen LogP contribution is -2.45. The number of pyridine rings is 1. The van der Waals surface area contributed by atoms with Gasteiger partial charge in [0.15, 0.2) is 0 Å². The van der Waals surface area contributed by atoms with Crippen molar-refractivity contribution in [1.82, 2.24) is 10.3 Å². The lowest BCUT2D eigenvalue weighted by atomic mass is 10.2. The monoisotopic (exact) mass is 277 g/mol. The molecule has 0 amide bonds. The van der Waals surface area contributed by atoms with Gasteiger partial charge in [0.05, 0.1) is 0 Å². The average molecular weight is 277 g/mol. The van der Waals surface area contributed by atoms with E-state index in [1.54, 1.807) is 0 Å². The van der Waals surface area contributed by atoms with Crippen LogP contribution in [0.25, 0.3) is 0 Å². The Morgan fingerprint density at radius 3 is 2.89 bits per heavy atom. The summed E-state index contributed by atoms with van der Waals surface area (Å²) in [4.78, 5) is 7.11. The molecule has 19 heavy (non-hydrogen) atoms. The minimum atomic E-state index is 0.571. The summed E-state index contributed by atoms with van der Waals surface area (Å²) in [5, 5.41) is 4.22. The minimum Gasteiger partial charge on any atom is -0.352 e. The maximum atomic E-state index is 4.66. The Labute approximate surface area is 120 Å². The van der Waals surface area contributed by atoms with Gasteiger partial charge >= 0.3 is 0 Å². The van der Waals surface area contributed by atoms with Gasteiger partial charge in [0.25, 0.3) is 0 Å². The third kappa shape index (κ3) is 3.23. The van der Waals surface area contributed by atoms with E-state index in [-0.39, 0.29) is 0 Å². The second-order valence-corrected chi connectivity index (χ2v) is 7.17. The first-order chi connectivity index (χ1) is 9.24. The van der Waals surface area contributed by atoms with Crippen molar-refractivity contribution >= 4 is 17.6 Å². The van der Waals surface area contributed by atoms with E-state index >= 15 is 0 Å². The van der Waals surface area contributed by atoms with Crippen LogP contribution in [0.5, 0.6) is 0 Å². The Balaban J connectivity index is 1.63. The highest BCUT2D eigenvalue weighted by Gasteiger charge is 2.26. The Hall–Kier alpha value is -0.740. The van der Waals surface area contributed by atoms with E-state index in [9.17, 15) is 0 Å². The molecule has 2 unspecified atom stereocenters. The number of anilines is 1. The van der Waals surface area contributed by atoms with Crippen LogP contribution in [0, 0.1) is 0 Å². The van der Waals surface area contributed by atoms with Crippen LogP contribution in [-0.4, -0.2) is 34.6 Å². The molecule has 0 aromatic carbocycles. The molecule has 4 heteroatoms. The van der Waals surface area contributed by atoms with Gasteiger partial charge in [-0.3, -0.25) is 0 Å². The second kappa shape index (κ2) is 5.71. The van der Waals surface area contributed by atoms with Gasteiger partial charge in [-0.25, -0.2) is 4.98 Å². The number of rotatable bonds is 4. The maximum Gasteiger partial charge on any atom is 0.128 e. The van der Waals surface area contributed by atoms with Gasteiger partial charge in [0.1, 0.15) is 5.82 Å². The van der Waals surface area contributed by atoms with E-state index in [0.717, 1.165) is 24.9 Å². The SMILES string of the molecule is CC1SCCN(c2ccc(CNC3CC3)cn2)C1C. The molecule has 1 aromatic rings. The summed E-state index contributed by atoms with van der Waals surface area (Å²) in [6.45, 7) is 6.69. The average Bonchev–Trinajstić information content (AvgIpc) is 3.25. The Bertz CT molecular complexity index is 416. The van der Waals surface area contributed by atoms with Crippen molar-refractivity contribution in [2.24, 2.45) is 0 Å². The fourth-order valence-corrected chi connectivity index (χ4v) is 3.60. The molecule has 3 rings (SSSR count). The standard InChI is InChI=1S/C15H23N3S/c1-11-12(2)19-8-7-18(11)15-6-3-13(10-17-15)9-16-14-4-5-14/h3,6,10-12,14,16H,4-5,7-9H2,1-2H3. The number of hydrogen-bond donors (Lipinski definition) is 1. The fraction of sp³-hybridized carbons (Fsp3) is 0.667. The largest absolute Gasteiger partial charge is 0.352 e. The van der Waals surface area contributed by atoms with Crippen molar-refractivity contribution in [3.8, 4) is 0 Å². The van der Waals surface area contributed by atoms with Gasteiger partial charge in [-0.15, -0.1) is 0 Å². The molecule has 1 aliphatic heterocycles. The van der Waals surface area contributed by atoms with Crippen LogP contribution in [0.3, 0.4) is 0 Å². The highest BCUT2D eigenvalue weighted by atomic mass is 32.2. The number of thioether (sulfide) groups is 1. The van der Waals surface area contributed by atoms with E-state index < -0.39 is 0 Å². The first-order valence-corrected chi connectivity index (χ1v) is 8.35. The number of aromatic nitrogens is 1. The molecular formula is C15H23N3S. The molecule has 1 aliphatic carbocycles. The number of hydrogen-bond acceptors (Lipinski definition) is 4. The molecule has 2 heterocycles. The highest BCUT2D eigenvalue weighted by molar-refractivity contribution is 8.00. The van der Waals surface area contributed by atoms with E-state index in [0.29, 0.717) is 11.3 Å². The fourth-order valence-electron chi connectivity index (χ4n) is 2.50. The zero-order chi connectivity index (χ0) is 13.2. The predicted octanol–water partition coefficient (Wildman–Crippen LogP) is 2.66. The second-order valence-electron chi connectivity index (χ2n) is 5.69. The van der Waals surface area contributed by atoms with Crippen LogP contribution in [0.1, 0.15) is 32.3 Å². The molecule has 2 aliphatic rings. The first kappa shape index (κ1) is 13.3. The van der Waals surface area contributed by atoms with E-state index in [2.05, 4.69) is 52.9 Å². The van der Waals surface area contributed by atoms with Crippen molar-refractivity contribution in [1.29, 1.82) is 0 Å². The summed E-state index contributed by atoms with van der Waals surface area (Å²) in [5.74, 6) is 2.34. The minimum absolute atomic E-state index is 0.571. The van der Waals surface area contributed by atoms with Crippen molar-refractivity contribution in [3.63, 3.8) is 0 Å². The third-order valence-electron chi connectivity index (χ3n) is 4.16. The summed E-state index contributed by atoms with van der Waals surface area (Å²) >= 11 is 2.07. The number of nitrogens with one attached hydrogen (secondary N) is 1. The molecule has 0 radical (unpaired) electrons. The molecule has 1 N–H and O–H groups in total. The topological polar surface area (TPSA) is 28.2 Å². The summed E-state index contributed by atoms with van der Waals surface area (Å²) in [6, 6.07) is 5.74. The predicted molar refractivity (Wildman–Crippen MR) is 82.8 cm³/mol. The van der Waals surface area contributed by atoms with Crippen molar-refractivity contribution < 1.29 is 0 Å². The van der Waals surface area contributed by atoms with Gasteiger partial charge in [-0.2, -0.15) is 11.8 Å². The summed E-state index contributed by atoms with van der Waals surface area (Å²) in [7, 11) is 0.